The Hall–Kier alpha value is -3.37. The predicted octanol–water partition coefficient (Wildman–Crippen LogP) is 4.41. The monoisotopic (exact) mass is 559 g/mol. The number of aromatic nitrogens is 1. The van der Waals surface area contributed by atoms with Crippen molar-refractivity contribution in [3.63, 3.8) is 0 Å². The van der Waals surface area contributed by atoms with Crippen LogP contribution >= 0.6 is 11.6 Å². The minimum absolute atomic E-state index is 0. The lowest BCUT2D eigenvalue weighted by Gasteiger charge is -2.41. The van der Waals surface area contributed by atoms with Crippen molar-refractivity contribution >= 4 is 44.6 Å². The molecule has 202 valence electrons. The average Bonchev–Trinajstić information content (AvgIpc) is 2.91. The quantitative estimate of drug-likeness (QED) is 0.450. The number of amides is 1. The number of sulfonamides is 1. The van der Waals surface area contributed by atoms with Gasteiger partial charge in [-0.05, 0) is 79.9 Å². The number of carbonyl (C=O) groups excluding carboxylic acids is 1. The number of nitrogens with zero attached hydrogens (tertiary/aromatic N) is 4. The SMILES string of the molecule is C[C@H](C(=O)N1CCN(c2ccc(S(=O)(=O)Nc3ccnc(Cl)c3)cc2)CC1)N1CCCc2cc(F)ccc21.[HH]. The molecule has 1 aromatic heterocycles. The Morgan fingerprint density at radius 2 is 1.79 bits per heavy atom. The van der Waals surface area contributed by atoms with Gasteiger partial charge in [0.2, 0.25) is 5.91 Å². The minimum Gasteiger partial charge on any atom is -0.368 e. The van der Waals surface area contributed by atoms with Gasteiger partial charge in [-0.15, -0.1) is 0 Å². The van der Waals surface area contributed by atoms with E-state index < -0.39 is 10.0 Å². The van der Waals surface area contributed by atoms with Crippen LogP contribution in [-0.2, 0) is 21.2 Å². The summed E-state index contributed by atoms with van der Waals surface area (Å²) in [5, 5.41) is 0.198. The van der Waals surface area contributed by atoms with Crippen LogP contribution in [-0.4, -0.2) is 63.0 Å². The normalized spacial score (nSPS) is 16.7. The summed E-state index contributed by atoms with van der Waals surface area (Å²) in [4.78, 5) is 23.4. The van der Waals surface area contributed by atoms with Gasteiger partial charge < -0.3 is 14.7 Å². The van der Waals surface area contributed by atoms with Crippen LogP contribution in [0.1, 0.15) is 20.3 Å². The number of pyridine rings is 1. The third-order valence-electron chi connectivity index (χ3n) is 7.10. The molecule has 0 radical (unpaired) electrons. The third kappa shape index (κ3) is 5.56. The van der Waals surface area contributed by atoms with Crippen molar-refractivity contribution in [1.29, 1.82) is 0 Å². The first-order valence-corrected chi connectivity index (χ1v) is 14.4. The molecule has 3 heterocycles. The first-order chi connectivity index (χ1) is 18.2. The van der Waals surface area contributed by atoms with Crippen molar-refractivity contribution in [2.75, 3.05) is 47.2 Å². The van der Waals surface area contributed by atoms with Crippen molar-refractivity contribution < 1.29 is 19.0 Å². The zero-order valence-corrected chi connectivity index (χ0v) is 22.6. The molecule has 0 saturated carbocycles. The summed E-state index contributed by atoms with van der Waals surface area (Å²) >= 11 is 5.85. The number of hydrogen-bond acceptors (Lipinski definition) is 6. The van der Waals surface area contributed by atoms with Crippen molar-refractivity contribution in [3.05, 3.63) is 77.3 Å². The molecule has 38 heavy (non-hydrogen) atoms. The molecule has 1 fully saturated rings. The number of hydrogen-bond donors (Lipinski definition) is 1. The van der Waals surface area contributed by atoms with Crippen LogP contribution in [0.5, 0.6) is 0 Å². The first kappa shape index (κ1) is 26.2. The molecule has 2 aliphatic rings. The van der Waals surface area contributed by atoms with Crippen molar-refractivity contribution in [3.8, 4) is 0 Å². The van der Waals surface area contributed by atoms with Gasteiger partial charge in [-0.1, -0.05) is 11.6 Å². The van der Waals surface area contributed by atoms with E-state index in [1.54, 1.807) is 36.4 Å². The van der Waals surface area contributed by atoms with Crippen LogP contribution in [0.2, 0.25) is 5.15 Å². The second kappa shape index (κ2) is 10.8. The van der Waals surface area contributed by atoms with Gasteiger partial charge in [0.05, 0.1) is 10.6 Å². The fourth-order valence-corrected chi connectivity index (χ4v) is 6.32. The van der Waals surface area contributed by atoms with Crippen LogP contribution < -0.4 is 14.5 Å². The van der Waals surface area contributed by atoms with Crippen molar-refractivity contribution in [2.45, 2.75) is 30.7 Å². The van der Waals surface area contributed by atoms with Crippen LogP contribution in [0.3, 0.4) is 0 Å². The van der Waals surface area contributed by atoms with Gasteiger partial charge in [-0.25, -0.2) is 17.8 Å². The van der Waals surface area contributed by atoms with Crippen LogP contribution in [0, 0.1) is 5.82 Å². The molecule has 11 heteroatoms. The zero-order chi connectivity index (χ0) is 26.9. The highest BCUT2D eigenvalue weighted by molar-refractivity contribution is 7.92. The Bertz CT molecular complexity index is 1440. The maximum atomic E-state index is 13.7. The summed E-state index contributed by atoms with van der Waals surface area (Å²) in [7, 11) is -3.77. The van der Waals surface area contributed by atoms with Gasteiger partial charge in [-0.2, -0.15) is 0 Å². The Kier molecular flexibility index (Phi) is 7.45. The number of rotatable bonds is 6. The molecule has 5 rings (SSSR count). The molecule has 1 saturated heterocycles. The van der Waals surface area contributed by atoms with Crippen LogP contribution in [0.25, 0.3) is 0 Å². The molecule has 1 N–H and O–H groups in total. The highest BCUT2D eigenvalue weighted by Gasteiger charge is 2.31. The van der Waals surface area contributed by atoms with Crippen molar-refractivity contribution in [1.82, 2.24) is 9.88 Å². The molecule has 0 unspecified atom stereocenters. The molecule has 0 aliphatic carbocycles. The average molecular weight is 560 g/mol. The number of nitrogens with one attached hydrogen (secondary N) is 1. The molecular formula is C27H31ClFN5O3S. The van der Waals surface area contributed by atoms with E-state index in [4.69, 9.17) is 11.6 Å². The van der Waals surface area contributed by atoms with E-state index in [0.29, 0.717) is 31.9 Å². The highest BCUT2D eigenvalue weighted by Crippen LogP contribution is 2.30. The molecule has 2 aliphatic heterocycles. The Morgan fingerprint density at radius 3 is 2.50 bits per heavy atom. The highest BCUT2D eigenvalue weighted by atomic mass is 35.5. The fraction of sp³-hybridized carbons (Fsp3) is 0.333. The zero-order valence-electron chi connectivity index (χ0n) is 21.0. The number of aryl methyl sites for hydroxylation is 1. The van der Waals surface area contributed by atoms with Gasteiger partial charge in [0.15, 0.2) is 0 Å². The third-order valence-corrected chi connectivity index (χ3v) is 8.71. The standard InChI is InChI=1S/C27H29ClFN5O3S.H2/c1-19(34-12-2-3-20-17-21(29)4-9-25(20)34)27(35)33-15-13-32(14-16-33)23-5-7-24(8-6-23)38(36,37)31-22-10-11-30-26(28)18-22;/h4-11,17-19H,2-3,12-16H2,1H3,(H,30,31);1H/t19-;/m1./s1. The second-order valence-electron chi connectivity index (χ2n) is 9.52. The van der Waals surface area contributed by atoms with Gasteiger partial charge >= 0.3 is 0 Å². The number of piperazine rings is 1. The number of benzene rings is 2. The maximum absolute atomic E-state index is 13.7. The van der Waals surface area contributed by atoms with Gasteiger partial charge in [0.1, 0.15) is 17.0 Å². The van der Waals surface area contributed by atoms with E-state index >= 15 is 0 Å². The summed E-state index contributed by atoms with van der Waals surface area (Å²) in [6.07, 6.45) is 3.14. The number of carbonyl (C=O) groups is 1. The van der Waals surface area contributed by atoms with E-state index in [1.807, 2.05) is 11.8 Å². The molecule has 8 nitrogen and oxygen atoms in total. The Labute approximate surface area is 228 Å². The first-order valence-electron chi connectivity index (χ1n) is 12.5. The molecule has 1 atom stereocenters. The molecular weight excluding hydrogens is 529 g/mol. The summed E-state index contributed by atoms with van der Waals surface area (Å²) in [6, 6.07) is 14.1. The van der Waals surface area contributed by atoms with E-state index in [9.17, 15) is 17.6 Å². The lowest BCUT2D eigenvalue weighted by atomic mass is 9.99. The summed E-state index contributed by atoms with van der Waals surface area (Å²) in [6.45, 7) is 5.10. The number of fused-ring (bicyclic) bond motifs is 1. The molecule has 2 aromatic carbocycles. The predicted molar refractivity (Wildman–Crippen MR) is 149 cm³/mol. The lowest BCUT2D eigenvalue weighted by Crippen LogP contribution is -2.55. The summed E-state index contributed by atoms with van der Waals surface area (Å²) < 4.78 is 41.7. The topological polar surface area (TPSA) is 85.8 Å². The smallest absolute Gasteiger partial charge is 0.261 e. The molecule has 1 amide bonds. The lowest BCUT2D eigenvalue weighted by molar-refractivity contribution is -0.132. The van der Waals surface area contributed by atoms with Crippen LogP contribution in [0.15, 0.2) is 65.7 Å². The second-order valence-corrected chi connectivity index (χ2v) is 11.6. The van der Waals surface area contributed by atoms with E-state index in [0.717, 1.165) is 36.3 Å². The molecule has 0 bridgehead atoms. The Balaban J connectivity index is 0.00000353. The largest absolute Gasteiger partial charge is 0.368 e. The van der Waals surface area contributed by atoms with E-state index in [1.165, 1.54) is 24.4 Å². The summed E-state index contributed by atoms with van der Waals surface area (Å²) in [5.74, 6) is -0.188. The fourth-order valence-electron chi connectivity index (χ4n) is 5.10. The van der Waals surface area contributed by atoms with Gasteiger partial charge in [-0.3, -0.25) is 9.52 Å². The minimum atomic E-state index is -3.77. The van der Waals surface area contributed by atoms with E-state index in [2.05, 4.69) is 19.5 Å². The van der Waals surface area contributed by atoms with Crippen molar-refractivity contribution in [2.24, 2.45) is 0 Å². The molecule has 3 aromatic rings. The maximum Gasteiger partial charge on any atom is 0.261 e. The number of anilines is 3. The van der Waals surface area contributed by atoms with Crippen LogP contribution in [0.4, 0.5) is 21.5 Å². The van der Waals surface area contributed by atoms with E-state index in [-0.39, 0.29) is 29.2 Å². The summed E-state index contributed by atoms with van der Waals surface area (Å²) in [5.41, 5.74) is 3.12. The van der Waals surface area contributed by atoms with Gasteiger partial charge in [0, 0.05) is 51.7 Å². The Morgan fingerprint density at radius 1 is 1.05 bits per heavy atom. The van der Waals surface area contributed by atoms with Gasteiger partial charge in [0.25, 0.3) is 10.0 Å². The number of halogens is 2. The molecule has 0 spiro atoms.